The van der Waals surface area contributed by atoms with Gasteiger partial charge in [0.2, 0.25) is 5.91 Å². The molecule has 0 atom stereocenters. The van der Waals surface area contributed by atoms with Crippen molar-refractivity contribution in [3.8, 4) is 5.75 Å². The Morgan fingerprint density at radius 2 is 2.00 bits per heavy atom. The molecule has 1 N–H and O–H groups in total. The first kappa shape index (κ1) is 17.0. The van der Waals surface area contributed by atoms with Gasteiger partial charge in [-0.15, -0.1) is 0 Å². The summed E-state index contributed by atoms with van der Waals surface area (Å²) in [5, 5.41) is 4.38. The van der Waals surface area contributed by atoms with Gasteiger partial charge in [0.25, 0.3) is 5.91 Å². The fourth-order valence-corrected chi connectivity index (χ4v) is 3.85. The highest BCUT2D eigenvalue weighted by molar-refractivity contribution is 6.39. The van der Waals surface area contributed by atoms with Gasteiger partial charge < -0.3 is 9.64 Å². The summed E-state index contributed by atoms with van der Waals surface area (Å²) in [5.74, 6) is 0.249. The van der Waals surface area contributed by atoms with Crippen molar-refractivity contribution in [3.05, 3.63) is 28.8 Å². The fraction of sp³-hybridized carbons (Fsp3) is 0.444. The summed E-state index contributed by atoms with van der Waals surface area (Å²) >= 11 is 5.97. The summed E-state index contributed by atoms with van der Waals surface area (Å²) in [4.78, 5) is 38.0. The highest BCUT2D eigenvalue weighted by Crippen LogP contribution is 2.40. The Labute approximate surface area is 155 Å². The third-order valence-corrected chi connectivity index (χ3v) is 5.40. The number of benzene rings is 1. The molecule has 0 aromatic heterocycles. The first-order valence-corrected chi connectivity index (χ1v) is 9.00. The van der Waals surface area contributed by atoms with Crippen molar-refractivity contribution >= 4 is 34.9 Å². The van der Waals surface area contributed by atoms with Crippen LogP contribution < -0.4 is 10.2 Å². The predicted octanol–water partition coefficient (Wildman–Crippen LogP) is 1.93. The van der Waals surface area contributed by atoms with Gasteiger partial charge in [-0.1, -0.05) is 11.6 Å². The number of amides is 2. The summed E-state index contributed by atoms with van der Waals surface area (Å²) in [6, 6.07) is 5.08. The van der Waals surface area contributed by atoms with E-state index in [1.807, 2.05) is 0 Å². The second-order valence-electron chi connectivity index (χ2n) is 6.91. The molecule has 1 saturated heterocycles. The number of likely N-dealkylation sites (tertiary alicyclic amines) is 1. The van der Waals surface area contributed by atoms with Crippen molar-refractivity contribution in [1.82, 2.24) is 10.3 Å². The molecule has 4 rings (SSSR count). The molecule has 1 aromatic carbocycles. The lowest BCUT2D eigenvalue weighted by Crippen LogP contribution is -2.53. The molecule has 1 fully saturated rings. The molecule has 0 unspecified atom stereocenters. The molecule has 0 aliphatic carbocycles. The zero-order valence-corrected chi connectivity index (χ0v) is 14.8. The minimum Gasteiger partial charge on any atom is -0.486 e. The molecule has 3 aliphatic heterocycles. The van der Waals surface area contributed by atoms with Crippen LogP contribution in [0.3, 0.4) is 0 Å². The molecule has 0 bridgehead atoms. The Morgan fingerprint density at radius 1 is 1.23 bits per heavy atom. The van der Waals surface area contributed by atoms with Crippen molar-refractivity contribution < 1.29 is 19.1 Å². The number of piperidine rings is 1. The summed E-state index contributed by atoms with van der Waals surface area (Å²) in [7, 11) is 0. The monoisotopic (exact) mass is 375 g/mol. The molecule has 2 amide bonds. The molecular weight excluding hydrogens is 358 g/mol. The molecule has 3 aliphatic rings. The minimum absolute atomic E-state index is 0.0212. The van der Waals surface area contributed by atoms with E-state index in [2.05, 4.69) is 10.5 Å². The Kier molecular flexibility index (Phi) is 4.19. The highest BCUT2D eigenvalue weighted by Gasteiger charge is 2.44. The Morgan fingerprint density at radius 3 is 2.69 bits per heavy atom. The van der Waals surface area contributed by atoms with Gasteiger partial charge in [-0.05, 0) is 18.2 Å². The molecule has 26 heavy (non-hydrogen) atoms. The SMILES string of the molecule is O=C1CCC(C(=O)N2CCC3(CC2)CC(=O)c2cc(Cl)ccc2O3)=NN1. The number of rotatable bonds is 1. The lowest BCUT2D eigenvalue weighted by atomic mass is 9.82. The van der Waals surface area contributed by atoms with E-state index in [1.165, 1.54) is 0 Å². The van der Waals surface area contributed by atoms with Crippen LogP contribution in [0.5, 0.6) is 5.75 Å². The lowest BCUT2D eigenvalue weighted by Gasteiger charge is -2.44. The number of hydrazone groups is 1. The van der Waals surface area contributed by atoms with Crippen molar-refractivity contribution in [3.63, 3.8) is 0 Å². The van der Waals surface area contributed by atoms with Crippen LogP contribution in [0.15, 0.2) is 23.3 Å². The molecule has 8 heteroatoms. The Balaban J connectivity index is 1.45. The van der Waals surface area contributed by atoms with Crippen LogP contribution in [0.1, 0.15) is 42.5 Å². The molecule has 1 spiro atoms. The van der Waals surface area contributed by atoms with Crippen LogP contribution in [-0.2, 0) is 9.59 Å². The summed E-state index contributed by atoms with van der Waals surface area (Å²) in [6.07, 6.45) is 2.08. The number of carbonyl (C=O) groups excluding carboxylic acids is 3. The van der Waals surface area contributed by atoms with Gasteiger partial charge in [-0.3, -0.25) is 14.4 Å². The number of halogens is 1. The van der Waals surface area contributed by atoms with Gasteiger partial charge in [0.1, 0.15) is 17.1 Å². The first-order chi connectivity index (χ1) is 12.5. The maximum absolute atomic E-state index is 12.6. The zero-order chi connectivity index (χ0) is 18.3. The van der Waals surface area contributed by atoms with Gasteiger partial charge in [-0.2, -0.15) is 5.10 Å². The van der Waals surface area contributed by atoms with Crippen LogP contribution in [-0.4, -0.2) is 46.9 Å². The minimum atomic E-state index is -0.572. The van der Waals surface area contributed by atoms with E-state index < -0.39 is 5.60 Å². The van der Waals surface area contributed by atoms with Crippen molar-refractivity contribution in [2.45, 2.75) is 37.7 Å². The number of ketones is 1. The number of Topliss-reactive ketones (excluding diaryl/α,β-unsaturated/α-hetero) is 1. The molecule has 3 heterocycles. The van der Waals surface area contributed by atoms with Crippen molar-refractivity contribution in [2.24, 2.45) is 5.10 Å². The molecule has 7 nitrogen and oxygen atoms in total. The number of hydrogen-bond donors (Lipinski definition) is 1. The third kappa shape index (κ3) is 3.07. The second-order valence-corrected chi connectivity index (χ2v) is 7.35. The summed E-state index contributed by atoms with van der Waals surface area (Å²) < 4.78 is 6.17. The lowest BCUT2D eigenvalue weighted by molar-refractivity contribution is -0.127. The van der Waals surface area contributed by atoms with E-state index in [1.54, 1.807) is 23.1 Å². The molecule has 0 saturated carbocycles. The van der Waals surface area contributed by atoms with Crippen LogP contribution in [0.25, 0.3) is 0 Å². The maximum Gasteiger partial charge on any atom is 0.270 e. The predicted molar refractivity (Wildman–Crippen MR) is 94.4 cm³/mol. The number of ether oxygens (including phenoxy) is 1. The van der Waals surface area contributed by atoms with Gasteiger partial charge in [0.15, 0.2) is 5.78 Å². The van der Waals surface area contributed by atoms with E-state index >= 15 is 0 Å². The average Bonchev–Trinajstić information content (AvgIpc) is 2.63. The molecule has 1 aromatic rings. The van der Waals surface area contributed by atoms with E-state index in [-0.39, 0.29) is 24.0 Å². The smallest absolute Gasteiger partial charge is 0.270 e. The number of carbonyl (C=O) groups is 3. The normalized spacial score (nSPS) is 21.6. The van der Waals surface area contributed by atoms with Crippen LogP contribution in [0.4, 0.5) is 0 Å². The quantitative estimate of drug-likeness (QED) is 0.812. The van der Waals surface area contributed by atoms with Crippen molar-refractivity contribution in [2.75, 3.05) is 13.1 Å². The Hall–Kier alpha value is -2.41. The molecule has 136 valence electrons. The Bertz CT molecular complexity index is 828. The van der Waals surface area contributed by atoms with Crippen molar-refractivity contribution in [1.29, 1.82) is 0 Å². The van der Waals surface area contributed by atoms with Gasteiger partial charge in [-0.25, -0.2) is 5.43 Å². The fourth-order valence-electron chi connectivity index (χ4n) is 3.67. The van der Waals surface area contributed by atoms with Gasteiger partial charge in [0.05, 0.1) is 12.0 Å². The number of hydrogen-bond acceptors (Lipinski definition) is 5. The largest absolute Gasteiger partial charge is 0.486 e. The van der Waals surface area contributed by atoms with Crippen LogP contribution in [0, 0.1) is 0 Å². The summed E-state index contributed by atoms with van der Waals surface area (Å²) in [5.41, 5.74) is 2.68. The average molecular weight is 376 g/mol. The van der Waals surface area contributed by atoms with E-state index in [4.69, 9.17) is 16.3 Å². The van der Waals surface area contributed by atoms with Gasteiger partial charge >= 0.3 is 0 Å². The standard InChI is InChI=1S/C18H18ClN3O4/c19-11-1-3-15-12(9-11)14(23)10-18(26-15)5-7-22(8-6-18)17(25)13-2-4-16(24)21-20-13/h1,3,9H,2,4-8,10H2,(H,21,24). The summed E-state index contributed by atoms with van der Waals surface area (Å²) in [6.45, 7) is 0.976. The second kappa shape index (κ2) is 6.39. The molecular formula is C18H18ClN3O4. The first-order valence-electron chi connectivity index (χ1n) is 8.62. The van der Waals surface area contributed by atoms with Gasteiger partial charge in [0, 0.05) is 43.8 Å². The number of nitrogens with one attached hydrogen (secondary N) is 1. The topological polar surface area (TPSA) is 88.1 Å². The maximum atomic E-state index is 12.6. The van der Waals surface area contributed by atoms with Crippen LogP contribution in [0.2, 0.25) is 5.02 Å². The van der Waals surface area contributed by atoms with E-state index in [0.717, 1.165) is 0 Å². The highest BCUT2D eigenvalue weighted by atomic mass is 35.5. The third-order valence-electron chi connectivity index (χ3n) is 5.16. The molecule has 0 radical (unpaired) electrons. The van der Waals surface area contributed by atoms with E-state index in [9.17, 15) is 14.4 Å². The van der Waals surface area contributed by atoms with Crippen LogP contribution >= 0.6 is 11.6 Å². The zero-order valence-electron chi connectivity index (χ0n) is 14.1. The number of nitrogens with zero attached hydrogens (tertiary/aromatic N) is 2. The van der Waals surface area contributed by atoms with E-state index in [0.29, 0.717) is 60.8 Å². The number of fused-ring (bicyclic) bond motifs is 1.